The molecule has 1 fully saturated rings. The summed E-state index contributed by atoms with van der Waals surface area (Å²) in [6.07, 6.45) is 9.35. The Morgan fingerprint density at radius 2 is 1.83 bits per heavy atom. The van der Waals surface area contributed by atoms with Gasteiger partial charge in [0.2, 0.25) is 3.67 Å². The Balaban J connectivity index is 3.35. The normalized spacial score (nSPS) is 20.4. The van der Waals surface area contributed by atoms with E-state index in [0.29, 0.717) is 12.8 Å². The van der Waals surface area contributed by atoms with E-state index in [4.69, 9.17) is 46.4 Å². The standard InChI is InChI=1S/C15H24Cl4NO2S2/c1-3-5-12-20(11-4-2,23-15(18,19)14(16)17)24(21,22)13-9-7-6-8-10-13/h3-5,13-14H,2,6-12H2,1H3/q+1. The lowest BCUT2D eigenvalue weighted by Crippen LogP contribution is -2.54. The van der Waals surface area contributed by atoms with Gasteiger partial charge >= 0.3 is 10.0 Å². The maximum atomic E-state index is 13.5. The van der Waals surface area contributed by atoms with Crippen LogP contribution in [0.1, 0.15) is 39.0 Å². The number of quaternary nitrogens is 1. The highest BCUT2D eigenvalue weighted by Gasteiger charge is 2.54. The van der Waals surface area contributed by atoms with Gasteiger partial charge in [-0.2, -0.15) is 8.42 Å². The number of alkyl halides is 4. The Morgan fingerprint density at radius 1 is 1.25 bits per heavy atom. The molecule has 1 aliphatic rings. The molecule has 0 spiro atoms. The van der Waals surface area contributed by atoms with Gasteiger partial charge in [-0.15, -0.1) is 26.5 Å². The Morgan fingerprint density at radius 3 is 2.29 bits per heavy atom. The number of halogens is 4. The Hall–Kier alpha value is 0.900. The third kappa shape index (κ3) is 5.45. The van der Waals surface area contributed by atoms with Crippen LogP contribution in [-0.2, 0) is 10.0 Å². The van der Waals surface area contributed by atoms with E-state index < -0.39 is 27.1 Å². The van der Waals surface area contributed by atoms with Crippen LogP contribution in [0, 0.1) is 0 Å². The van der Waals surface area contributed by atoms with Gasteiger partial charge in [-0.1, -0.05) is 55.1 Å². The molecular formula is C15H24Cl4NO2S2+. The molecule has 0 heterocycles. The molecule has 1 atom stereocenters. The Kier molecular flexibility index (Phi) is 9.30. The number of hydrogen-bond acceptors (Lipinski definition) is 3. The number of nitrogens with zero attached hydrogens (tertiary/aromatic N) is 1. The number of hydrogen-bond donors (Lipinski definition) is 0. The van der Waals surface area contributed by atoms with E-state index in [1.807, 2.05) is 6.92 Å². The van der Waals surface area contributed by atoms with Crippen molar-refractivity contribution in [3.8, 4) is 0 Å². The molecule has 0 aromatic carbocycles. The number of allylic oxidation sites excluding steroid dienone is 1. The fourth-order valence-corrected chi connectivity index (χ4v) is 8.12. The maximum Gasteiger partial charge on any atom is 0.311 e. The molecule has 0 radical (unpaired) electrons. The highest BCUT2D eigenvalue weighted by atomic mass is 35.5. The molecular weight excluding hydrogens is 432 g/mol. The molecule has 0 N–H and O–H groups in total. The first kappa shape index (κ1) is 22.9. The summed E-state index contributed by atoms with van der Waals surface area (Å²) in [6, 6.07) is 0. The fourth-order valence-electron chi connectivity index (χ4n) is 2.77. The van der Waals surface area contributed by atoms with Crippen molar-refractivity contribution in [2.45, 2.75) is 52.8 Å². The minimum absolute atomic E-state index is 0.162. The molecule has 0 saturated heterocycles. The first-order chi connectivity index (χ1) is 11.1. The zero-order valence-electron chi connectivity index (χ0n) is 13.6. The Labute approximate surface area is 170 Å². The van der Waals surface area contributed by atoms with Gasteiger partial charge in [0.15, 0.2) is 4.84 Å². The molecule has 0 amide bonds. The second-order valence-corrected chi connectivity index (χ2v) is 12.8. The summed E-state index contributed by atoms with van der Waals surface area (Å²) in [5.74, 6) is 0. The predicted octanol–water partition coefficient (Wildman–Crippen LogP) is 5.81. The van der Waals surface area contributed by atoms with Gasteiger partial charge in [-0.3, -0.25) is 0 Å². The third-order valence-corrected chi connectivity index (χ3v) is 10.7. The van der Waals surface area contributed by atoms with Gasteiger partial charge in [0.25, 0.3) is 0 Å². The smallest absolute Gasteiger partial charge is 0.172 e. The van der Waals surface area contributed by atoms with Crippen LogP contribution in [0.3, 0.4) is 0 Å². The average Bonchev–Trinajstić information content (AvgIpc) is 2.53. The highest BCUT2D eigenvalue weighted by molar-refractivity contribution is 8.05. The highest BCUT2D eigenvalue weighted by Crippen LogP contribution is 2.50. The monoisotopic (exact) mass is 454 g/mol. The van der Waals surface area contributed by atoms with Crippen LogP contribution in [0.4, 0.5) is 0 Å². The third-order valence-electron chi connectivity index (χ3n) is 4.01. The van der Waals surface area contributed by atoms with Crippen LogP contribution in [0.25, 0.3) is 0 Å². The summed E-state index contributed by atoms with van der Waals surface area (Å²) in [6.45, 7) is 5.93. The maximum absolute atomic E-state index is 13.5. The first-order valence-corrected chi connectivity index (χ1v) is 11.7. The van der Waals surface area contributed by atoms with Gasteiger partial charge in [-0.25, -0.2) is 0 Å². The van der Waals surface area contributed by atoms with Crippen molar-refractivity contribution in [1.82, 2.24) is 0 Å². The summed E-state index contributed by atoms with van der Waals surface area (Å²) in [5, 5.41) is -0.419. The quantitative estimate of drug-likeness (QED) is 0.190. The lowest BCUT2D eigenvalue weighted by atomic mass is 10.0. The first-order valence-electron chi connectivity index (χ1n) is 7.83. The van der Waals surface area contributed by atoms with Gasteiger partial charge in [0, 0.05) is 0 Å². The van der Waals surface area contributed by atoms with E-state index in [9.17, 15) is 8.42 Å². The Bertz CT molecular complexity index is 546. The van der Waals surface area contributed by atoms with Crippen molar-refractivity contribution in [2.24, 2.45) is 0 Å². The molecule has 0 aromatic rings. The molecule has 0 bridgehead atoms. The zero-order chi connectivity index (χ0) is 18.4. The topological polar surface area (TPSA) is 34.1 Å². The van der Waals surface area contributed by atoms with Gasteiger partial charge in [0.1, 0.15) is 30.3 Å². The summed E-state index contributed by atoms with van der Waals surface area (Å²) < 4.78 is 24.9. The van der Waals surface area contributed by atoms with Crippen LogP contribution >= 0.6 is 58.4 Å². The van der Waals surface area contributed by atoms with E-state index in [0.717, 1.165) is 31.2 Å². The molecule has 1 rings (SSSR count). The fraction of sp³-hybridized carbons (Fsp3) is 0.733. The molecule has 140 valence electrons. The summed E-state index contributed by atoms with van der Waals surface area (Å²) in [5.41, 5.74) is 0. The lowest BCUT2D eigenvalue weighted by molar-refractivity contribution is -0.645. The SMILES string of the molecule is C=CC[N+](CC=CC)(SC(Cl)(Cl)C(Cl)Cl)S(=O)(=O)C1CCCCC1. The lowest BCUT2D eigenvalue weighted by Gasteiger charge is -2.39. The van der Waals surface area contributed by atoms with Crippen LogP contribution < -0.4 is 0 Å². The second-order valence-electron chi connectivity index (χ2n) is 5.77. The molecule has 9 heteroatoms. The largest absolute Gasteiger partial charge is 0.311 e. The summed E-state index contributed by atoms with van der Waals surface area (Å²) >= 11 is 25.1. The van der Waals surface area contributed by atoms with E-state index in [-0.39, 0.29) is 13.1 Å². The summed E-state index contributed by atoms with van der Waals surface area (Å²) in [7, 11) is -3.60. The second kappa shape index (κ2) is 9.72. The predicted molar refractivity (Wildman–Crippen MR) is 108 cm³/mol. The van der Waals surface area contributed by atoms with Crippen molar-refractivity contribution in [2.75, 3.05) is 13.1 Å². The average molecular weight is 456 g/mol. The van der Waals surface area contributed by atoms with E-state index in [1.165, 1.54) is 0 Å². The van der Waals surface area contributed by atoms with Crippen LogP contribution in [0.2, 0.25) is 0 Å². The molecule has 3 nitrogen and oxygen atoms in total. The zero-order valence-corrected chi connectivity index (χ0v) is 18.3. The van der Waals surface area contributed by atoms with Crippen molar-refractivity contribution in [3.05, 3.63) is 24.8 Å². The van der Waals surface area contributed by atoms with Gasteiger partial charge in [-0.05, 0) is 31.9 Å². The van der Waals surface area contributed by atoms with E-state index in [1.54, 1.807) is 18.2 Å². The minimum atomic E-state index is -3.60. The van der Waals surface area contributed by atoms with Crippen molar-refractivity contribution >= 4 is 68.4 Å². The van der Waals surface area contributed by atoms with Crippen molar-refractivity contribution < 1.29 is 11.7 Å². The molecule has 24 heavy (non-hydrogen) atoms. The van der Waals surface area contributed by atoms with Gasteiger partial charge < -0.3 is 0 Å². The van der Waals surface area contributed by atoms with Crippen molar-refractivity contribution in [1.29, 1.82) is 0 Å². The molecule has 0 aromatic heterocycles. The van der Waals surface area contributed by atoms with Crippen LogP contribution in [0.15, 0.2) is 24.8 Å². The molecule has 1 aliphatic carbocycles. The number of sulfonamides is 1. The van der Waals surface area contributed by atoms with Crippen LogP contribution in [0.5, 0.6) is 0 Å². The molecule has 1 unspecified atom stereocenters. The molecule has 1 saturated carbocycles. The van der Waals surface area contributed by atoms with Gasteiger partial charge in [0.05, 0.1) is 0 Å². The number of rotatable bonds is 9. The van der Waals surface area contributed by atoms with E-state index >= 15 is 0 Å². The molecule has 0 aliphatic heterocycles. The summed E-state index contributed by atoms with van der Waals surface area (Å²) in [4.78, 5) is -1.14. The van der Waals surface area contributed by atoms with Crippen LogP contribution in [-0.4, -0.2) is 38.6 Å². The minimum Gasteiger partial charge on any atom is -0.172 e. The van der Waals surface area contributed by atoms with Crippen molar-refractivity contribution in [3.63, 3.8) is 0 Å². The van der Waals surface area contributed by atoms with E-state index in [2.05, 4.69) is 6.58 Å².